The van der Waals surface area contributed by atoms with Crippen LogP contribution in [-0.4, -0.2) is 51.0 Å². The smallest absolute Gasteiger partial charge is 0.106 e. The van der Waals surface area contributed by atoms with Crippen molar-refractivity contribution in [1.82, 2.24) is 4.90 Å². The van der Waals surface area contributed by atoms with E-state index >= 15 is 0 Å². The molecule has 1 fully saturated rings. The van der Waals surface area contributed by atoms with Gasteiger partial charge in [0.2, 0.25) is 0 Å². The van der Waals surface area contributed by atoms with Crippen LogP contribution in [0, 0.1) is 0 Å². The van der Waals surface area contributed by atoms with E-state index in [1.807, 2.05) is 6.92 Å². The predicted octanol–water partition coefficient (Wildman–Crippen LogP) is 1.07. The summed E-state index contributed by atoms with van der Waals surface area (Å²) >= 11 is 0. The van der Waals surface area contributed by atoms with Gasteiger partial charge < -0.3 is 9.64 Å². The van der Waals surface area contributed by atoms with Gasteiger partial charge in [0.25, 0.3) is 0 Å². The van der Waals surface area contributed by atoms with Crippen molar-refractivity contribution in [3.05, 3.63) is 0 Å². The number of likely N-dealkylation sites (N-methyl/N-ethyl adjacent to an activating group) is 1. The topological polar surface area (TPSA) is 30.9 Å². The van der Waals surface area contributed by atoms with Gasteiger partial charge in [0.1, 0.15) is 6.61 Å². The third kappa shape index (κ3) is 4.91. The Hall–Kier alpha value is -0.160. The average Bonchev–Trinajstić information content (AvgIpc) is 2.18. The first-order valence-electron chi connectivity index (χ1n) is 5.37. The van der Waals surface area contributed by atoms with Crippen LogP contribution in [0.3, 0.4) is 0 Å². The highest BCUT2D eigenvalue weighted by molar-refractivity contribution is 4.70. The summed E-state index contributed by atoms with van der Waals surface area (Å²) in [6, 6.07) is 0. The molecule has 1 saturated heterocycles. The maximum Gasteiger partial charge on any atom is 0.106 e. The second-order valence-electron chi connectivity index (χ2n) is 3.63. The van der Waals surface area contributed by atoms with Crippen LogP contribution in [0.15, 0.2) is 0 Å². The standard InChI is InChI=1S/C10H21NO3/c1-3-13-14-8-7-12-10-5-4-6-11(2)9-10/h10H,3-9H2,1-2H3. The molecular weight excluding hydrogens is 182 g/mol. The van der Waals surface area contributed by atoms with Crippen molar-refractivity contribution in [2.75, 3.05) is 40.0 Å². The van der Waals surface area contributed by atoms with Gasteiger partial charge in [0.15, 0.2) is 0 Å². The lowest BCUT2D eigenvalue weighted by atomic mass is 10.1. The Morgan fingerprint density at radius 2 is 2.14 bits per heavy atom. The van der Waals surface area contributed by atoms with Crippen LogP contribution in [0.4, 0.5) is 0 Å². The average molecular weight is 203 g/mol. The lowest BCUT2D eigenvalue weighted by Gasteiger charge is -2.29. The van der Waals surface area contributed by atoms with Crippen LogP contribution >= 0.6 is 0 Å². The normalized spacial score (nSPS) is 24.0. The fourth-order valence-electron chi connectivity index (χ4n) is 1.65. The molecule has 1 rings (SSSR count). The molecule has 0 aromatic carbocycles. The molecule has 0 saturated carbocycles. The number of nitrogens with zero attached hydrogens (tertiary/aromatic N) is 1. The molecule has 0 aromatic heterocycles. The maximum absolute atomic E-state index is 5.65. The van der Waals surface area contributed by atoms with E-state index in [0.717, 1.165) is 6.54 Å². The number of ether oxygens (including phenoxy) is 1. The molecule has 0 spiro atoms. The number of hydrogen-bond donors (Lipinski definition) is 0. The van der Waals surface area contributed by atoms with Gasteiger partial charge in [-0.25, -0.2) is 9.78 Å². The quantitative estimate of drug-likeness (QED) is 0.367. The third-order valence-corrected chi connectivity index (χ3v) is 2.30. The number of likely N-dealkylation sites (tertiary alicyclic amines) is 1. The molecule has 1 aliphatic heterocycles. The Labute approximate surface area is 86.0 Å². The zero-order valence-corrected chi connectivity index (χ0v) is 9.20. The lowest BCUT2D eigenvalue weighted by Crippen LogP contribution is -2.37. The Bertz CT molecular complexity index is 143. The maximum atomic E-state index is 5.65. The molecule has 0 aliphatic carbocycles. The molecule has 0 amide bonds. The van der Waals surface area contributed by atoms with E-state index in [0.29, 0.717) is 25.9 Å². The monoisotopic (exact) mass is 203 g/mol. The summed E-state index contributed by atoms with van der Waals surface area (Å²) in [5.41, 5.74) is 0. The van der Waals surface area contributed by atoms with Gasteiger partial charge in [-0.1, -0.05) is 0 Å². The van der Waals surface area contributed by atoms with Gasteiger partial charge in [-0.15, -0.1) is 0 Å². The van der Waals surface area contributed by atoms with E-state index in [1.165, 1.54) is 19.4 Å². The van der Waals surface area contributed by atoms with Crippen molar-refractivity contribution in [3.63, 3.8) is 0 Å². The van der Waals surface area contributed by atoms with Gasteiger partial charge in [-0.05, 0) is 33.4 Å². The van der Waals surface area contributed by atoms with Crippen LogP contribution in [0.5, 0.6) is 0 Å². The third-order valence-electron chi connectivity index (χ3n) is 2.30. The van der Waals surface area contributed by atoms with Gasteiger partial charge in [-0.2, -0.15) is 0 Å². The van der Waals surface area contributed by atoms with Crippen molar-refractivity contribution >= 4 is 0 Å². The minimum atomic E-state index is 0.374. The number of rotatable bonds is 6. The molecule has 14 heavy (non-hydrogen) atoms. The Morgan fingerprint density at radius 1 is 1.29 bits per heavy atom. The highest BCUT2D eigenvalue weighted by atomic mass is 17.2. The molecule has 1 aliphatic rings. The zero-order chi connectivity index (χ0) is 10.2. The SMILES string of the molecule is CCOOCCOC1CCCN(C)C1. The summed E-state index contributed by atoms with van der Waals surface area (Å²) in [5, 5.41) is 0. The minimum Gasteiger partial charge on any atom is -0.374 e. The van der Waals surface area contributed by atoms with E-state index in [4.69, 9.17) is 14.5 Å². The van der Waals surface area contributed by atoms with Crippen molar-refractivity contribution in [1.29, 1.82) is 0 Å². The van der Waals surface area contributed by atoms with Crippen LogP contribution in [0.2, 0.25) is 0 Å². The molecule has 4 nitrogen and oxygen atoms in total. The zero-order valence-electron chi connectivity index (χ0n) is 9.20. The Morgan fingerprint density at radius 3 is 2.86 bits per heavy atom. The number of piperidine rings is 1. The first kappa shape index (κ1) is 11.9. The van der Waals surface area contributed by atoms with E-state index in [1.54, 1.807) is 0 Å². The second-order valence-corrected chi connectivity index (χ2v) is 3.63. The molecular formula is C10H21NO3. The fraction of sp³-hybridized carbons (Fsp3) is 1.00. The first-order valence-corrected chi connectivity index (χ1v) is 5.37. The van der Waals surface area contributed by atoms with Gasteiger partial charge >= 0.3 is 0 Å². The second kappa shape index (κ2) is 7.17. The largest absolute Gasteiger partial charge is 0.374 e. The van der Waals surface area contributed by atoms with Gasteiger partial charge in [0.05, 0.1) is 19.3 Å². The summed E-state index contributed by atoms with van der Waals surface area (Å²) in [6.07, 6.45) is 2.77. The van der Waals surface area contributed by atoms with E-state index in [2.05, 4.69) is 11.9 Å². The molecule has 1 atom stereocenters. The van der Waals surface area contributed by atoms with Crippen molar-refractivity contribution in [2.24, 2.45) is 0 Å². The fourth-order valence-corrected chi connectivity index (χ4v) is 1.65. The Balaban J connectivity index is 1.95. The summed E-state index contributed by atoms with van der Waals surface area (Å²) < 4.78 is 5.65. The summed E-state index contributed by atoms with van der Waals surface area (Å²) in [6.45, 7) is 5.86. The summed E-state index contributed by atoms with van der Waals surface area (Å²) in [4.78, 5) is 11.9. The van der Waals surface area contributed by atoms with Crippen molar-refractivity contribution < 1.29 is 14.5 Å². The molecule has 0 bridgehead atoms. The van der Waals surface area contributed by atoms with E-state index < -0.39 is 0 Å². The van der Waals surface area contributed by atoms with Crippen LogP contribution in [0.25, 0.3) is 0 Å². The molecule has 1 heterocycles. The van der Waals surface area contributed by atoms with Crippen LogP contribution < -0.4 is 0 Å². The molecule has 0 radical (unpaired) electrons. The van der Waals surface area contributed by atoms with Crippen molar-refractivity contribution in [2.45, 2.75) is 25.9 Å². The lowest BCUT2D eigenvalue weighted by molar-refractivity contribution is -0.297. The van der Waals surface area contributed by atoms with Gasteiger partial charge in [-0.3, -0.25) is 0 Å². The van der Waals surface area contributed by atoms with E-state index in [9.17, 15) is 0 Å². The highest BCUT2D eigenvalue weighted by Crippen LogP contribution is 2.10. The minimum absolute atomic E-state index is 0.374. The molecule has 84 valence electrons. The van der Waals surface area contributed by atoms with Crippen LogP contribution in [-0.2, 0) is 14.5 Å². The molecule has 0 aromatic rings. The summed E-state index contributed by atoms with van der Waals surface area (Å²) in [5.74, 6) is 0. The molecule has 1 unspecified atom stereocenters. The predicted molar refractivity (Wildman–Crippen MR) is 54.0 cm³/mol. The molecule has 4 heteroatoms. The summed E-state index contributed by atoms with van der Waals surface area (Å²) in [7, 11) is 2.13. The molecule has 0 N–H and O–H groups in total. The van der Waals surface area contributed by atoms with Gasteiger partial charge in [0, 0.05) is 6.54 Å². The Kier molecular flexibility index (Phi) is 6.10. The first-order chi connectivity index (χ1) is 6.83. The van der Waals surface area contributed by atoms with Crippen LogP contribution in [0.1, 0.15) is 19.8 Å². The van der Waals surface area contributed by atoms with E-state index in [-0.39, 0.29) is 0 Å². The number of hydrogen-bond acceptors (Lipinski definition) is 4. The highest BCUT2D eigenvalue weighted by Gasteiger charge is 2.16. The van der Waals surface area contributed by atoms with Crippen molar-refractivity contribution in [3.8, 4) is 0 Å².